The Kier molecular flexibility index (Phi) is 1.33. The fourth-order valence-corrected chi connectivity index (χ4v) is 0.765. The Hall–Kier alpha value is -1.16. The van der Waals surface area contributed by atoms with Crippen LogP contribution in [0, 0.1) is 0 Å². The lowest BCUT2D eigenvalue weighted by Gasteiger charge is -2.26. The van der Waals surface area contributed by atoms with Crippen molar-refractivity contribution in [3.05, 3.63) is 23.7 Å². The van der Waals surface area contributed by atoms with Gasteiger partial charge in [-0.15, -0.1) is 0 Å². The summed E-state index contributed by atoms with van der Waals surface area (Å²) in [4.78, 5) is 0. The predicted octanol–water partition coefficient (Wildman–Crippen LogP) is -1.09. The van der Waals surface area contributed by atoms with Gasteiger partial charge in [0.2, 0.25) is 0 Å². The summed E-state index contributed by atoms with van der Waals surface area (Å²) in [5.74, 6) is 0. The van der Waals surface area contributed by atoms with Crippen molar-refractivity contribution in [1.82, 2.24) is 5.32 Å². The van der Waals surface area contributed by atoms with E-state index < -0.39 is 5.66 Å². The maximum atomic E-state index is 5.66. The average Bonchev–Trinajstić information content (AvgIpc) is 1.79. The molecule has 0 fully saturated rings. The first-order valence-corrected chi connectivity index (χ1v) is 3.02. The molecule has 10 heavy (non-hydrogen) atoms. The zero-order valence-electron chi connectivity index (χ0n) is 5.89. The number of hydrogen-bond donors (Lipinski definition) is 4. The Balaban J connectivity index is 2.87. The minimum absolute atomic E-state index is 0.530. The third-order valence-electron chi connectivity index (χ3n) is 1.33. The normalized spacial score (nSPS) is 32.2. The van der Waals surface area contributed by atoms with Crippen LogP contribution in [0.4, 0.5) is 0 Å². The molecular weight excluding hydrogens is 128 g/mol. The lowest BCUT2D eigenvalue weighted by Crippen LogP contribution is -2.49. The van der Waals surface area contributed by atoms with Gasteiger partial charge in [-0.2, -0.15) is 0 Å². The predicted molar refractivity (Wildman–Crippen MR) is 40.3 cm³/mol. The zero-order chi connectivity index (χ0) is 7.78. The van der Waals surface area contributed by atoms with E-state index in [-0.39, 0.29) is 0 Å². The molecule has 4 nitrogen and oxygen atoms in total. The molecule has 7 N–H and O–H groups in total. The first kappa shape index (κ1) is 6.95. The maximum Gasteiger partial charge on any atom is 0.104 e. The largest absolute Gasteiger partial charge is 0.397 e. The molecule has 0 aliphatic carbocycles. The highest BCUT2D eigenvalue weighted by molar-refractivity contribution is 5.31. The number of nitrogens with two attached hydrogens (primary N) is 3. The first-order valence-electron chi connectivity index (χ1n) is 3.02. The summed E-state index contributed by atoms with van der Waals surface area (Å²) in [6, 6.07) is 0. The van der Waals surface area contributed by atoms with Crippen LogP contribution in [0.1, 0.15) is 6.92 Å². The summed E-state index contributed by atoms with van der Waals surface area (Å²) in [5.41, 5.74) is 17.1. The highest BCUT2D eigenvalue weighted by atomic mass is 15.1. The van der Waals surface area contributed by atoms with Crippen LogP contribution in [0.3, 0.4) is 0 Å². The minimum Gasteiger partial charge on any atom is -0.397 e. The van der Waals surface area contributed by atoms with Crippen molar-refractivity contribution in [3.8, 4) is 0 Å². The van der Waals surface area contributed by atoms with Crippen LogP contribution in [-0.4, -0.2) is 5.66 Å². The molecule has 0 saturated carbocycles. The van der Waals surface area contributed by atoms with Crippen LogP contribution in [-0.2, 0) is 0 Å². The second kappa shape index (κ2) is 1.91. The van der Waals surface area contributed by atoms with Crippen molar-refractivity contribution in [2.75, 3.05) is 0 Å². The number of nitrogens with one attached hydrogen (secondary N) is 1. The Morgan fingerprint density at radius 3 is 2.40 bits per heavy atom. The van der Waals surface area contributed by atoms with Crippen LogP contribution < -0.4 is 22.5 Å². The Bertz CT molecular complexity index is 202. The van der Waals surface area contributed by atoms with Gasteiger partial charge in [-0.1, -0.05) is 0 Å². The second-order valence-corrected chi connectivity index (χ2v) is 2.63. The van der Waals surface area contributed by atoms with Crippen LogP contribution in [0.5, 0.6) is 0 Å². The first-order chi connectivity index (χ1) is 4.51. The van der Waals surface area contributed by atoms with Crippen LogP contribution in [0.15, 0.2) is 23.7 Å². The van der Waals surface area contributed by atoms with Crippen molar-refractivity contribution < 1.29 is 0 Å². The van der Waals surface area contributed by atoms with E-state index in [2.05, 4.69) is 5.32 Å². The fourth-order valence-electron chi connectivity index (χ4n) is 0.765. The van der Waals surface area contributed by atoms with E-state index in [0.717, 1.165) is 0 Å². The van der Waals surface area contributed by atoms with Crippen LogP contribution in [0.25, 0.3) is 0 Å². The summed E-state index contributed by atoms with van der Waals surface area (Å²) in [5, 5.41) is 2.87. The van der Waals surface area contributed by atoms with E-state index in [1.165, 1.54) is 0 Å². The topological polar surface area (TPSA) is 90.1 Å². The van der Waals surface area contributed by atoms with Gasteiger partial charge in [0.15, 0.2) is 0 Å². The smallest absolute Gasteiger partial charge is 0.104 e. The summed E-state index contributed by atoms with van der Waals surface area (Å²) in [7, 11) is 0. The van der Waals surface area contributed by atoms with E-state index in [9.17, 15) is 0 Å². The van der Waals surface area contributed by atoms with Gasteiger partial charge in [-0.05, 0) is 13.0 Å². The molecule has 1 aliphatic rings. The van der Waals surface area contributed by atoms with Gasteiger partial charge in [0.1, 0.15) is 5.66 Å². The summed E-state index contributed by atoms with van der Waals surface area (Å²) in [6.07, 6.45) is 3.29. The number of dihydropyridines is 1. The molecular formula is C6H12N4. The van der Waals surface area contributed by atoms with Crippen molar-refractivity contribution in [2.24, 2.45) is 17.2 Å². The van der Waals surface area contributed by atoms with Gasteiger partial charge in [0.25, 0.3) is 0 Å². The van der Waals surface area contributed by atoms with Crippen LogP contribution >= 0.6 is 0 Å². The highest BCUT2D eigenvalue weighted by Crippen LogP contribution is 2.08. The summed E-state index contributed by atoms with van der Waals surface area (Å²) < 4.78 is 0. The molecule has 0 saturated heterocycles. The fraction of sp³-hybridized carbons (Fsp3) is 0.333. The molecule has 0 bridgehead atoms. The molecule has 0 spiro atoms. The minimum atomic E-state index is -0.563. The average molecular weight is 140 g/mol. The standard InChI is InChI=1S/C6H12N4/c1-6(9)2-4(7)5(8)3-10-6/h2-3,10H,7-9H2,1H3. The van der Waals surface area contributed by atoms with E-state index in [0.29, 0.717) is 11.4 Å². The Morgan fingerprint density at radius 1 is 1.40 bits per heavy atom. The monoisotopic (exact) mass is 140 g/mol. The lowest BCUT2D eigenvalue weighted by molar-refractivity contribution is 0.509. The molecule has 0 aromatic heterocycles. The molecule has 0 aromatic rings. The van der Waals surface area contributed by atoms with E-state index in [1.807, 2.05) is 6.92 Å². The molecule has 0 radical (unpaired) electrons. The third-order valence-corrected chi connectivity index (χ3v) is 1.33. The van der Waals surface area contributed by atoms with Crippen molar-refractivity contribution in [1.29, 1.82) is 0 Å². The highest BCUT2D eigenvalue weighted by Gasteiger charge is 2.17. The molecule has 1 heterocycles. The molecule has 1 aliphatic heterocycles. The number of hydrogen-bond acceptors (Lipinski definition) is 4. The molecule has 0 aromatic carbocycles. The summed E-state index contributed by atoms with van der Waals surface area (Å²) in [6.45, 7) is 1.81. The van der Waals surface area contributed by atoms with E-state index >= 15 is 0 Å². The molecule has 56 valence electrons. The van der Waals surface area contributed by atoms with Gasteiger partial charge in [0.05, 0.1) is 11.4 Å². The SMILES string of the molecule is CC1(N)C=C(N)C(N)=CN1. The van der Waals surface area contributed by atoms with Gasteiger partial charge in [0, 0.05) is 6.20 Å². The van der Waals surface area contributed by atoms with Gasteiger partial charge >= 0.3 is 0 Å². The zero-order valence-corrected chi connectivity index (χ0v) is 5.89. The lowest BCUT2D eigenvalue weighted by atomic mass is 10.1. The Morgan fingerprint density at radius 2 is 2.00 bits per heavy atom. The van der Waals surface area contributed by atoms with Gasteiger partial charge < -0.3 is 22.5 Å². The second-order valence-electron chi connectivity index (χ2n) is 2.63. The summed E-state index contributed by atoms with van der Waals surface area (Å²) >= 11 is 0. The van der Waals surface area contributed by atoms with Gasteiger partial charge in [-0.3, -0.25) is 0 Å². The molecule has 1 rings (SSSR count). The molecule has 0 amide bonds. The van der Waals surface area contributed by atoms with Crippen LogP contribution in [0.2, 0.25) is 0 Å². The Labute approximate surface area is 59.7 Å². The molecule has 1 atom stereocenters. The van der Waals surface area contributed by atoms with E-state index in [4.69, 9.17) is 17.2 Å². The van der Waals surface area contributed by atoms with Crippen molar-refractivity contribution >= 4 is 0 Å². The maximum absolute atomic E-state index is 5.66. The number of rotatable bonds is 0. The third kappa shape index (κ3) is 1.22. The quantitative estimate of drug-likeness (QED) is 0.344. The van der Waals surface area contributed by atoms with Crippen molar-refractivity contribution in [2.45, 2.75) is 12.6 Å². The van der Waals surface area contributed by atoms with Crippen molar-refractivity contribution in [3.63, 3.8) is 0 Å². The molecule has 4 heteroatoms. The van der Waals surface area contributed by atoms with Gasteiger partial charge in [-0.25, -0.2) is 0 Å². The molecule has 1 unspecified atom stereocenters. The van der Waals surface area contributed by atoms with E-state index in [1.54, 1.807) is 12.3 Å².